The maximum atomic E-state index is 6.00. The van der Waals surface area contributed by atoms with Crippen molar-refractivity contribution < 1.29 is 0 Å². The first kappa shape index (κ1) is 13.0. The SMILES string of the molecule is CN1CCC(NCc2c[nH]c3cc(Cl)ccc23)CC1. The summed E-state index contributed by atoms with van der Waals surface area (Å²) >= 11 is 6.00. The molecule has 0 saturated carbocycles. The average molecular weight is 278 g/mol. The standard InChI is InChI=1S/C15H20ClN3/c1-19-6-4-13(5-7-19)17-9-11-10-18-15-8-12(16)2-3-14(11)15/h2-3,8,10,13,17-18H,4-7,9H2,1H3. The van der Waals surface area contributed by atoms with Crippen molar-refractivity contribution in [3.8, 4) is 0 Å². The van der Waals surface area contributed by atoms with E-state index in [-0.39, 0.29) is 0 Å². The first-order chi connectivity index (χ1) is 9.22. The van der Waals surface area contributed by atoms with Gasteiger partial charge >= 0.3 is 0 Å². The van der Waals surface area contributed by atoms with Crippen molar-refractivity contribution in [1.29, 1.82) is 0 Å². The first-order valence-electron chi connectivity index (χ1n) is 6.90. The lowest BCUT2D eigenvalue weighted by molar-refractivity contribution is 0.234. The number of benzene rings is 1. The van der Waals surface area contributed by atoms with Crippen LogP contribution in [-0.4, -0.2) is 36.1 Å². The summed E-state index contributed by atoms with van der Waals surface area (Å²) in [5.41, 5.74) is 2.44. The number of nitrogens with one attached hydrogen (secondary N) is 2. The Morgan fingerprint density at radius 2 is 2.16 bits per heavy atom. The Morgan fingerprint density at radius 1 is 1.37 bits per heavy atom. The summed E-state index contributed by atoms with van der Waals surface area (Å²) in [6.45, 7) is 3.32. The summed E-state index contributed by atoms with van der Waals surface area (Å²) in [5.74, 6) is 0. The summed E-state index contributed by atoms with van der Waals surface area (Å²) in [6, 6.07) is 6.68. The highest BCUT2D eigenvalue weighted by atomic mass is 35.5. The van der Waals surface area contributed by atoms with E-state index in [9.17, 15) is 0 Å². The van der Waals surface area contributed by atoms with Crippen molar-refractivity contribution in [3.05, 3.63) is 35.0 Å². The van der Waals surface area contributed by atoms with Gasteiger partial charge in [-0.3, -0.25) is 0 Å². The van der Waals surface area contributed by atoms with E-state index in [1.807, 2.05) is 12.1 Å². The lowest BCUT2D eigenvalue weighted by atomic mass is 10.1. The van der Waals surface area contributed by atoms with Crippen LogP contribution in [0.1, 0.15) is 18.4 Å². The van der Waals surface area contributed by atoms with E-state index in [0.717, 1.165) is 17.1 Å². The molecular formula is C15H20ClN3. The average Bonchev–Trinajstić information content (AvgIpc) is 2.80. The molecule has 0 radical (unpaired) electrons. The summed E-state index contributed by atoms with van der Waals surface area (Å²) in [7, 11) is 2.19. The predicted octanol–water partition coefficient (Wildman–Crippen LogP) is 3.01. The Morgan fingerprint density at radius 3 is 2.95 bits per heavy atom. The van der Waals surface area contributed by atoms with Crippen molar-refractivity contribution >= 4 is 22.5 Å². The Hall–Kier alpha value is -1.03. The summed E-state index contributed by atoms with van der Waals surface area (Å²) in [6.07, 6.45) is 4.57. The Bertz CT molecular complexity index is 556. The van der Waals surface area contributed by atoms with Crippen molar-refractivity contribution in [2.75, 3.05) is 20.1 Å². The molecular weight excluding hydrogens is 258 g/mol. The molecule has 1 saturated heterocycles. The fourth-order valence-corrected chi connectivity index (χ4v) is 2.94. The summed E-state index contributed by atoms with van der Waals surface area (Å²) < 4.78 is 0. The van der Waals surface area contributed by atoms with Gasteiger partial charge in [-0.15, -0.1) is 0 Å². The number of H-pyrrole nitrogens is 1. The van der Waals surface area contributed by atoms with Crippen LogP contribution < -0.4 is 5.32 Å². The monoisotopic (exact) mass is 277 g/mol. The number of piperidine rings is 1. The van der Waals surface area contributed by atoms with Crippen LogP contribution in [-0.2, 0) is 6.54 Å². The molecule has 0 bridgehead atoms. The minimum Gasteiger partial charge on any atom is -0.361 e. The minimum atomic E-state index is 0.647. The molecule has 2 N–H and O–H groups in total. The van der Waals surface area contributed by atoms with E-state index >= 15 is 0 Å². The molecule has 2 heterocycles. The molecule has 4 heteroatoms. The molecule has 3 rings (SSSR count). The van der Waals surface area contributed by atoms with Crippen LogP contribution in [0.5, 0.6) is 0 Å². The van der Waals surface area contributed by atoms with E-state index in [2.05, 4.69) is 34.5 Å². The van der Waals surface area contributed by atoms with Gasteiger partial charge in [0.1, 0.15) is 0 Å². The van der Waals surface area contributed by atoms with Gasteiger partial charge in [0.15, 0.2) is 0 Å². The molecule has 19 heavy (non-hydrogen) atoms. The third-order valence-corrected chi connectivity index (χ3v) is 4.26. The highest BCUT2D eigenvalue weighted by Gasteiger charge is 2.16. The maximum absolute atomic E-state index is 6.00. The zero-order valence-corrected chi connectivity index (χ0v) is 12.0. The normalized spacial score (nSPS) is 18.2. The minimum absolute atomic E-state index is 0.647. The third-order valence-electron chi connectivity index (χ3n) is 4.03. The van der Waals surface area contributed by atoms with Crippen molar-refractivity contribution in [1.82, 2.24) is 15.2 Å². The van der Waals surface area contributed by atoms with Gasteiger partial charge in [0.05, 0.1) is 0 Å². The van der Waals surface area contributed by atoms with E-state index in [0.29, 0.717) is 6.04 Å². The van der Waals surface area contributed by atoms with E-state index < -0.39 is 0 Å². The van der Waals surface area contributed by atoms with Crippen LogP contribution in [0.3, 0.4) is 0 Å². The number of likely N-dealkylation sites (tertiary alicyclic amines) is 1. The molecule has 1 aromatic heterocycles. The molecule has 1 aromatic carbocycles. The highest BCUT2D eigenvalue weighted by Crippen LogP contribution is 2.22. The van der Waals surface area contributed by atoms with E-state index in [4.69, 9.17) is 11.6 Å². The van der Waals surface area contributed by atoms with Gasteiger partial charge < -0.3 is 15.2 Å². The molecule has 102 valence electrons. The second-order valence-corrected chi connectivity index (χ2v) is 5.90. The molecule has 0 aliphatic carbocycles. The van der Waals surface area contributed by atoms with Crippen molar-refractivity contribution in [3.63, 3.8) is 0 Å². The maximum Gasteiger partial charge on any atom is 0.0472 e. The van der Waals surface area contributed by atoms with Gasteiger partial charge in [-0.05, 0) is 50.7 Å². The van der Waals surface area contributed by atoms with Crippen LogP contribution >= 0.6 is 11.6 Å². The molecule has 1 aliphatic heterocycles. The largest absolute Gasteiger partial charge is 0.361 e. The second-order valence-electron chi connectivity index (χ2n) is 5.46. The molecule has 0 atom stereocenters. The molecule has 2 aromatic rings. The van der Waals surface area contributed by atoms with Gasteiger partial charge in [-0.2, -0.15) is 0 Å². The third kappa shape index (κ3) is 2.94. The highest BCUT2D eigenvalue weighted by molar-refractivity contribution is 6.31. The van der Waals surface area contributed by atoms with Gasteiger partial charge in [0, 0.05) is 34.7 Å². The smallest absolute Gasteiger partial charge is 0.0472 e. The zero-order chi connectivity index (χ0) is 13.2. The van der Waals surface area contributed by atoms with Crippen molar-refractivity contribution in [2.45, 2.75) is 25.4 Å². The van der Waals surface area contributed by atoms with Crippen LogP contribution in [0.2, 0.25) is 5.02 Å². The molecule has 0 amide bonds. The van der Waals surface area contributed by atoms with Gasteiger partial charge in [0.25, 0.3) is 0 Å². The van der Waals surface area contributed by atoms with Crippen LogP contribution in [0, 0.1) is 0 Å². The topological polar surface area (TPSA) is 31.1 Å². The molecule has 0 unspecified atom stereocenters. The Kier molecular flexibility index (Phi) is 3.78. The van der Waals surface area contributed by atoms with Crippen molar-refractivity contribution in [2.24, 2.45) is 0 Å². The van der Waals surface area contributed by atoms with Gasteiger partial charge in [0.2, 0.25) is 0 Å². The summed E-state index contributed by atoms with van der Waals surface area (Å²) in [4.78, 5) is 5.69. The Labute approximate surface area is 118 Å². The number of fused-ring (bicyclic) bond motifs is 1. The van der Waals surface area contributed by atoms with Crippen LogP contribution in [0.25, 0.3) is 10.9 Å². The lowest BCUT2D eigenvalue weighted by Gasteiger charge is -2.29. The van der Waals surface area contributed by atoms with E-state index in [1.54, 1.807) is 0 Å². The second kappa shape index (κ2) is 5.53. The predicted molar refractivity (Wildman–Crippen MR) is 80.7 cm³/mol. The summed E-state index contributed by atoms with van der Waals surface area (Å²) in [5, 5.41) is 5.72. The molecule has 3 nitrogen and oxygen atoms in total. The van der Waals surface area contributed by atoms with Gasteiger partial charge in [-0.25, -0.2) is 0 Å². The molecule has 1 fully saturated rings. The fraction of sp³-hybridized carbons (Fsp3) is 0.467. The molecule has 0 spiro atoms. The number of aromatic nitrogens is 1. The van der Waals surface area contributed by atoms with Crippen LogP contribution in [0.15, 0.2) is 24.4 Å². The van der Waals surface area contributed by atoms with E-state index in [1.165, 1.54) is 36.9 Å². The first-order valence-corrected chi connectivity index (χ1v) is 7.27. The lowest BCUT2D eigenvalue weighted by Crippen LogP contribution is -2.40. The number of aromatic amines is 1. The van der Waals surface area contributed by atoms with Gasteiger partial charge in [-0.1, -0.05) is 17.7 Å². The van der Waals surface area contributed by atoms with Crippen LogP contribution in [0.4, 0.5) is 0 Å². The zero-order valence-electron chi connectivity index (χ0n) is 11.2. The fourth-order valence-electron chi connectivity index (χ4n) is 2.77. The number of hydrogen-bond donors (Lipinski definition) is 2. The quantitative estimate of drug-likeness (QED) is 0.904. The number of rotatable bonds is 3. The number of nitrogens with zero attached hydrogens (tertiary/aromatic N) is 1. The number of hydrogen-bond acceptors (Lipinski definition) is 2. The molecule has 1 aliphatic rings. The number of halogens is 1. The Balaban J connectivity index is 1.65.